The Bertz CT molecular complexity index is 307. The van der Waals surface area contributed by atoms with E-state index in [-0.39, 0.29) is 12.2 Å². The fourth-order valence-corrected chi connectivity index (χ4v) is 2.96. The van der Waals surface area contributed by atoms with Crippen LogP contribution in [0.25, 0.3) is 0 Å². The third-order valence-electron chi connectivity index (χ3n) is 4.45. The van der Waals surface area contributed by atoms with E-state index in [0.717, 1.165) is 45.3 Å². The normalized spacial score (nSPS) is 24.1. The first-order valence-corrected chi connectivity index (χ1v) is 8.56. The van der Waals surface area contributed by atoms with E-state index < -0.39 is 0 Å². The molecule has 1 rings (SSSR count). The number of methoxy groups -OCH3 is 1. The van der Waals surface area contributed by atoms with E-state index >= 15 is 0 Å². The van der Waals surface area contributed by atoms with Gasteiger partial charge >= 0.3 is 0 Å². The average Bonchev–Trinajstić information content (AvgIpc) is 2.74. The number of amides is 1. The maximum atomic E-state index is 12.7. The molecule has 0 spiro atoms. The van der Waals surface area contributed by atoms with Gasteiger partial charge in [-0.1, -0.05) is 34.1 Å². The first kappa shape index (κ1) is 18.4. The number of carbonyl (C=O) groups excluding carboxylic acids is 1. The predicted molar refractivity (Wildman–Crippen MR) is 87.1 cm³/mol. The van der Waals surface area contributed by atoms with E-state index in [9.17, 15) is 4.79 Å². The van der Waals surface area contributed by atoms with Crippen molar-refractivity contribution in [3.05, 3.63) is 0 Å². The lowest BCUT2D eigenvalue weighted by Crippen LogP contribution is -2.39. The van der Waals surface area contributed by atoms with Crippen LogP contribution in [0.1, 0.15) is 59.8 Å². The molecule has 1 amide bonds. The molecule has 1 aliphatic rings. The van der Waals surface area contributed by atoms with Crippen LogP contribution in [0, 0.1) is 11.8 Å². The first-order chi connectivity index (χ1) is 10.0. The zero-order chi connectivity index (χ0) is 15.8. The van der Waals surface area contributed by atoms with Crippen molar-refractivity contribution in [2.24, 2.45) is 11.8 Å². The maximum absolute atomic E-state index is 12.7. The molecule has 0 aromatic rings. The van der Waals surface area contributed by atoms with Gasteiger partial charge in [0, 0.05) is 20.3 Å². The van der Waals surface area contributed by atoms with Crippen LogP contribution in [0.4, 0.5) is 0 Å². The summed E-state index contributed by atoms with van der Waals surface area (Å²) in [5, 5.41) is 3.58. The predicted octanol–water partition coefficient (Wildman–Crippen LogP) is 3.02. The minimum absolute atomic E-state index is 0.0118. The van der Waals surface area contributed by atoms with Crippen molar-refractivity contribution >= 4 is 5.91 Å². The van der Waals surface area contributed by atoms with Gasteiger partial charge in [0.2, 0.25) is 5.91 Å². The van der Waals surface area contributed by atoms with E-state index in [1.54, 1.807) is 7.11 Å². The highest BCUT2D eigenvalue weighted by atomic mass is 16.5. The molecule has 3 unspecified atom stereocenters. The number of hydrogen-bond acceptors (Lipinski definition) is 3. The summed E-state index contributed by atoms with van der Waals surface area (Å²) >= 11 is 0. The highest BCUT2D eigenvalue weighted by Crippen LogP contribution is 2.23. The molecule has 1 fully saturated rings. The molecule has 4 heteroatoms. The molecule has 1 saturated heterocycles. The third-order valence-corrected chi connectivity index (χ3v) is 4.45. The SMILES string of the molecule is CCC(C)C1NC(CC(C)C)N(CCCCCOC)C1=O. The summed E-state index contributed by atoms with van der Waals surface area (Å²) in [5.41, 5.74) is 0. The van der Waals surface area contributed by atoms with Gasteiger partial charge in [-0.2, -0.15) is 0 Å². The largest absolute Gasteiger partial charge is 0.385 e. The second-order valence-corrected chi connectivity index (χ2v) is 6.76. The molecule has 0 saturated carbocycles. The van der Waals surface area contributed by atoms with Crippen molar-refractivity contribution < 1.29 is 9.53 Å². The Morgan fingerprint density at radius 3 is 2.52 bits per heavy atom. The van der Waals surface area contributed by atoms with Crippen LogP contribution in [-0.4, -0.2) is 43.3 Å². The lowest BCUT2D eigenvalue weighted by Gasteiger charge is -2.25. The third kappa shape index (κ3) is 5.59. The standard InChI is InChI=1S/C17H34N2O2/c1-6-14(4)16-17(20)19(10-8-7-9-11-21-5)15(18-16)12-13(2)3/h13-16,18H,6-12H2,1-5H3. The fourth-order valence-electron chi connectivity index (χ4n) is 2.96. The molecule has 1 N–H and O–H groups in total. The van der Waals surface area contributed by atoms with E-state index in [4.69, 9.17) is 4.74 Å². The van der Waals surface area contributed by atoms with Gasteiger partial charge in [0.1, 0.15) is 0 Å². The minimum Gasteiger partial charge on any atom is -0.385 e. The van der Waals surface area contributed by atoms with Crippen LogP contribution in [0.3, 0.4) is 0 Å². The molecule has 1 heterocycles. The van der Waals surface area contributed by atoms with Crippen molar-refractivity contribution in [2.45, 2.75) is 72.0 Å². The van der Waals surface area contributed by atoms with E-state index in [2.05, 4.69) is 37.9 Å². The van der Waals surface area contributed by atoms with Crippen LogP contribution in [-0.2, 0) is 9.53 Å². The molecular formula is C17H34N2O2. The quantitative estimate of drug-likeness (QED) is 0.630. The highest BCUT2D eigenvalue weighted by Gasteiger charge is 2.40. The van der Waals surface area contributed by atoms with Gasteiger partial charge in [-0.05, 0) is 37.5 Å². The molecule has 0 aromatic heterocycles. The van der Waals surface area contributed by atoms with Crippen molar-refractivity contribution in [3.8, 4) is 0 Å². The van der Waals surface area contributed by atoms with Gasteiger partial charge in [0.05, 0.1) is 12.2 Å². The van der Waals surface area contributed by atoms with Crippen molar-refractivity contribution in [1.82, 2.24) is 10.2 Å². The molecule has 0 aliphatic carbocycles. The lowest BCUT2D eigenvalue weighted by atomic mass is 9.99. The molecule has 0 bridgehead atoms. The second-order valence-electron chi connectivity index (χ2n) is 6.76. The average molecular weight is 298 g/mol. The topological polar surface area (TPSA) is 41.6 Å². The second kappa shape index (κ2) is 9.42. The molecule has 21 heavy (non-hydrogen) atoms. The number of nitrogens with one attached hydrogen (secondary N) is 1. The Kier molecular flexibility index (Phi) is 8.27. The Morgan fingerprint density at radius 1 is 1.24 bits per heavy atom. The molecular weight excluding hydrogens is 264 g/mol. The molecule has 3 atom stereocenters. The van der Waals surface area contributed by atoms with Crippen LogP contribution in [0.15, 0.2) is 0 Å². The van der Waals surface area contributed by atoms with Crippen LogP contribution >= 0.6 is 0 Å². The summed E-state index contributed by atoms with van der Waals surface area (Å²) in [6.07, 6.45) is 5.57. The molecule has 0 aromatic carbocycles. The number of rotatable bonds is 10. The molecule has 0 radical (unpaired) electrons. The zero-order valence-corrected chi connectivity index (χ0v) is 14.5. The van der Waals surface area contributed by atoms with Gasteiger partial charge in [0.15, 0.2) is 0 Å². The summed E-state index contributed by atoms with van der Waals surface area (Å²) in [7, 11) is 1.74. The Labute approximate surface area is 130 Å². The molecule has 1 aliphatic heterocycles. The number of hydrogen-bond donors (Lipinski definition) is 1. The number of ether oxygens (including phenoxy) is 1. The highest BCUT2D eigenvalue weighted by molar-refractivity contribution is 5.84. The van der Waals surface area contributed by atoms with Gasteiger partial charge in [0.25, 0.3) is 0 Å². The molecule has 124 valence electrons. The summed E-state index contributed by atoms with van der Waals surface area (Å²) in [5.74, 6) is 1.31. The summed E-state index contributed by atoms with van der Waals surface area (Å²) in [6, 6.07) is 0.0118. The lowest BCUT2D eigenvalue weighted by molar-refractivity contribution is -0.131. The van der Waals surface area contributed by atoms with E-state index in [0.29, 0.717) is 17.7 Å². The van der Waals surface area contributed by atoms with Gasteiger partial charge in [-0.25, -0.2) is 0 Å². The van der Waals surface area contributed by atoms with Crippen LogP contribution in [0.5, 0.6) is 0 Å². The van der Waals surface area contributed by atoms with E-state index in [1.165, 1.54) is 0 Å². The Morgan fingerprint density at radius 2 is 1.95 bits per heavy atom. The van der Waals surface area contributed by atoms with Crippen LogP contribution < -0.4 is 5.32 Å². The summed E-state index contributed by atoms with van der Waals surface area (Å²) < 4.78 is 5.08. The van der Waals surface area contributed by atoms with Crippen molar-refractivity contribution in [3.63, 3.8) is 0 Å². The number of nitrogens with zero attached hydrogens (tertiary/aromatic N) is 1. The smallest absolute Gasteiger partial charge is 0.241 e. The van der Waals surface area contributed by atoms with Gasteiger partial charge in [-0.3, -0.25) is 10.1 Å². The maximum Gasteiger partial charge on any atom is 0.241 e. The number of carbonyl (C=O) groups is 1. The van der Waals surface area contributed by atoms with E-state index in [1.807, 2.05) is 0 Å². The Balaban J connectivity index is 2.55. The van der Waals surface area contributed by atoms with Crippen LogP contribution in [0.2, 0.25) is 0 Å². The van der Waals surface area contributed by atoms with Crippen molar-refractivity contribution in [2.75, 3.05) is 20.3 Å². The Hall–Kier alpha value is -0.610. The molecule has 4 nitrogen and oxygen atoms in total. The fraction of sp³-hybridized carbons (Fsp3) is 0.941. The zero-order valence-electron chi connectivity index (χ0n) is 14.5. The van der Waals surface area contributed by atoms with Gasteiger partial charge in [-0.15, -0.1) is 0 Å². The van der Waals surface area contributed by atoms with Gasteiger partial charge < -0.3 is 9.64 Å². The summed E-state index contributed by atoms with van der Waals surface area (Å²) in [4.78, 5) is 14.7. The summed E-state index contributed by atoms with van der Waals surface area (Å²) in [6.45, 7) is 10.5. The first-order valence-electron chi connectivity index (χ1n) is 8.56. The number of unbranched alkanes of at least 4 members (excludes halogenated alkanes) is 2. The van der Waals surface area contributed by atoms with Crippen molar-refractivity contribution in [1.29, 1.82) is 0 Å². The minimum atomic E-state index is 0.0118. The monoisotopic (exact) mass is 298 g/mol.